The molecule has 22 heavy (non-hydrogen) atoms. The number of ether oxygens (including phenoxy) is 1. The highest BCUT2D eigenvalue weighted by Crippen LogP contribution is 2.80. The molecule has 4 saturated carbocycles. The second kappa shape index (κ2) is 4.94. The molecule has 0 aliphatic heterocycles. The van der Waals surface area contributed by atoms with Crippen molar-refractivity contribution in [2.75, 3.05) is 13.2 Å². The molecule has 0 aromatic heterocycles. The van der Waals surface area contributed by atoms with E-state index in [9.17, 15) is 15.0 Å². The number of aliphatic hydroxyl groups is 2. The zero-order valence-electron chi connectivity index (χ0n) is 14.2. The van der Waals surface area contributed by atoms with E-state index >= 15 is 0 Å². The molecule has 4 unspecified atom stereocenters. The molecular weight excluding hydrogens is 280 g/mol. The van der Waals surface area contributed by atoms with Crippen LogP contribution in [0.3, 0.4) is 0 Å². The molecule has 4 heteroatoms. The molecule has 2 N–H and O–H groups in total. The highest BCUT2D eigenvalue weighted by atomic mass is 16.6. The van der Waals surface area contributed by atoms with Gasteiger partial charge in [-0.25, -0.2) is 0 Å². The summed E-state index contributed by atoms with van der Waals surface area (Å²) in [5.41, 5.74) is -0.348. The largest absolute Gasteiger partial charge is 0.458 e. The molecule has 4 aliphatic rings. The Morgan fingerprint density at radius 2 is 1.82 bits per heavy atom. The van der Waals surface area contributed by atoms with Crippen LogP contribution in [-0.4, -0.2) is 35.0 Å². The molecule has 0 aromatic carbocycles. The highest BCUT2D eigenvalue weighted by molar-refractivity contribution is 5.71. The Balaban J connectivity index is 1.82. The predicted octanol–water partition coefficient (Wildman–Crippen LogP) is 2.66. The maximum absolute atomic E-state index is 12.4. The van der Waals surface area contributed by atoms with E-state index in [1.807, 2.05) is 0 Å². The second-order valence-electron chi connectivity index (χ2n) is 9.25. The Kier molecular flexibility index (Phi) is 3.65. The van der Waals surface area contributed by atoms with E-state index in [0.717, 1.165) is 38.5 Å². The van der Waals surface area contributed by atoms with Gasteiger partial charge in [0.25, 0.3) is 0 Å². The van der Waals surface area contributed by atoms with E-state index in [0.29, 0.717) is 12.3 Å². The van der Waals surface area contributed by atoms with E-state index in [1.54, 1.807) is 0 Å². The van der Waals surface area contributed by atoms with Crippen molar-refractivity contribution in [2.45, 2.75) is 71.3 Å². The molecule has 0 heterocycles. The third kappa shape index (κ3) is 2.22. The van der Waals surface area contributed by atoms with Gasteiger partial charge < -0.3 is 14.9 Å². The number of hydrogen-bond donors (Lipinski definition) is 2. The minimum absolute atomic E-state index is 0.0465. The number of carbonyl (C=O) groups is 1. The molecule has 0 aromatic rings. The Bertz CT molecular complexity index is 468. The first kappa shape index (κ1) is 16.3. The molecule has 0 radical (unpaired) electrons. The fourth-order valence-electron chi connectivity index (χ4n) is 5.97. The van der Waals surface area contributed by atoms with Gasteiger partial charge in [0.1, 0.15) is 5.60 Å². The van der Waals surface area contributed by atoms with Crippen molar-refractivity contribution in [3.05, 3.63) is 0 Å². The van der Waals surface area contributed by atoms with Crippen molar-refractivity contribution in [3.63, 3.8) is 0 Å². The first-order chi connectivity index (χ1) is 10.2. The maximum atomic E-state index is 12.4. The number of esters is 1. The number of carbonyl (C=O) groups excluding carboxylic acids is 1. The van der Waals surface area contributed by atoms with Gasteiger partial charge in [0.15, 0.2) is 0 Å². The molecular formula is C18H30O4. The number of hydrogen-bond acceptors (Lipinski definition) is 4. The average Bonchev–Trinajstić information content (AvgIpc) is 2.92. The molecule has 4 aliphatic carbocycles. The summed E-state index contributed by atoms with van der Waals surface area (Å²) < 4.78 is 6.12. The summed E-state index contributed by atoms with van der Waals surface area (Å²) in [5.74, 6) is 0.450. The summed E-state index contributed by atoms with van der Waals surface area (Å²) in [6, 6.07) is 0. The fourth-order valence-corrected chi connectivity index (χ4v) is 5.97. The van der Waals surface area contributed by atoms with Crippen molar-refractivity contribution in [3.8, 4) is 0 Å². The van der Waals surface area contributed by atoms with Crippen molar-refractivity contribution >= 4 is 5.97 Å². The number of rotatable bonds is 6. The molecule has 0 spiro atoms. The molecule has 4 atom stereocenters. The molecule has 4 fully saturated rings. The molecule has 4 rings (SSSR count). The fraction of sp³-hybridized carbons (Fsp3) is 0.944. The van der Waals surface area contributed by atoms with Crippen molar-refractivity contribution in [2.24, 2.45) is 22.2 Å². The van der Waals surface area contributed by atoms with Gasteiger partial charge in [-0.1, -0.05) is 20.8 Å². The van der Waals surface area contributed by atoms with Crippen molar-refractivity contribution in [1.29, 1.82) is 0 Å². The van der Waals surface area contributed by atoms with Crippen LogP contribution in [0.4, 0.5) is 0 Å². The summed E-state index contributed by atoms with van der Waals surface area (Å²) in [4.78, 5) is 12.4. The predicted molar refractivity (Wildman–Crippen MR) is 83.1 cm³/mol. The summed E-state index contributed by atoms with van der Waals surface area (Å²) in [7, 11) is 0. The smallest absolute Gasteiger partial charge is 0.306 e. The molecule has 0 saturated heterocycles. The Morgan fingerprint density at radius 3 is 2.41 bits per heavy atom. The van der Waals surface area contributed by atoms with E-state index in [-0.39, 0.29) is 41.0 Å². The second-order valence-corrected chi connectivity index (χ2v) is 9.25. The zero-order chi connectivity index (χ0) is 16.2. The first-order valence-electron chi connectivity index (χ1n) is 8.64. The monoisotopic (exact) mass is 310 g/mol. The summed E-state index contributed by atoms with van der Waals surface area (Å²) in [6.07, 6.45) is 5.85. The van der Waals surface area contributed by atoms with Crippen LogP contribution >= 0.6 is 0 Å². The van der Waals surface area contributed by atoms with Crippen LogP contribution < -0.4 is 0 Å². The SMILES string of the molecule is CC(C)(C)CC(=O)OC12CC3CC1(CCO)CC3(CCO)C2. The van der Waals surface area contributed by atoms with E-state index in [4.69, 9.17) is 4.74 Å². The van der Waals surface area contributed by atoms with Crippen LogP contribution in [0.25, 0.3) is 0 Å². The van der Waals surface area contributed by atoms with Gasteiger partial charge in [0.2, 0.25) is 0 Å². The lowest BCUT2D eigenvalue weighted by Gasteiger charge is -2.40. The normalized spacial score (nSPS) is 42.3. The van der Waals surface area contributed by atoms with Gasteiger partial charge in [0.05, 0.1) is 6.42 Å². The van der Waals surface area contributed by atoms with Crippen LogP contribution in [0.2, 0.25) is 0 Å². The highest BCUT2D eigenvalue weighted by Gasteiger charge is 2.78. The lowest BCUT2D eigenvalue weighted by atomic mass is 9.74. The molecule has 126 valence electrons. The van der Waals surface area contributed by atoms with Gasteiger partial charge in [-0.2, -0.15) is 0 Å². The third-order valence-electron chi connectivity index (χ3n) is 6.56. The van der Waals surface area contributed by atoms with Crippen LogP contribution in [0.15, 0.2) is 0 Å². The topological polar surface area (TPSA) is 66.8 Å². The van der Waals surface area contributed by atoms with Gasteiger partial charge in [-0.3, -0.25) is 4.79 Å². The van der Waals surface area contributed by atoms with Gasteiger partial charge in [-0.15, -0.1) is 0 Å². The van der Waals surface area contributed by atoms with Gasteiger partial charge in [0, 0.05) is 18.6 Å². The van der Waals surface area contributed by atoms with Crippen molar-refractivity contribution < 1.29 is 19.7 Å². The Morgan fingerprint density at radius 1 is 1.14 bits per heavy atom. The lowest BCUT2D eigenvalue weighted by molar-refractivity contribution is -0.172. The molecule has 4 bridgehead atoms. The molecule has 4 nitrogen and oxygen atoms in total. The van der Waals surface area contributed by atoms with E-state index in [2.05, 4.69) is 20.8 Å². The third-order valence-corrected chi connectivity index (χ3v) is 6.56. The first-order valence-corrected chi connectivity index (χ1v) is 8.64. The summed E-state index contributed by atoms with van der Waals surface area (Å²) in [5, 5.41) is 19.0. The van der Waals surface area contributed by atoms with Gasteiger partial charge >= 0.3 is 5.97 Å². The minimum Gasteiger partial charge on any atom is -0.458 e. The standard InChI is InChI=1S/C18H30O4/c1-15(2,3)10-14(21)22-18-9-13-8-17(18,5-7-20)11-16(13,12-18)4-6-19/h13,19-20H,4-12H2,1-3H3. The summed E-state index contributed by atoms with van der Waals surface area (Å²) in [6.45, 7) is 6.51. The zero-order valence-corrected chi connectivity index (χ0v) is 14.2. The van der Waals surface area contributed by atoms with Crippen LogP contribution in [-0.2, 0) is 9.53 Å². The quantitative estimate of drug-likeness (QED) is 0.740. The Labute approximate surface area is 133 Å². The number of aliphatic hydroxyl groups excluding tert-OH is 2. The van der Waals surface area contributed by atoms with Crippen LogP contribution in [0, 0.1) is 22.2 Å². The Hall–Kier alpha value is -0.610. The van der Waals surface area contributed by atoms with Crippen LogP contribution in [0.5, 0.6) is 0 Å². The van der Waals surface area contributed by atoms with Gasteiger partial charge in [-0.05, 0) is 55.3 Å². The van der Waals surface area contributed by atoms with Crippen molar-refractivity contribution in [1.82, 2.24) is 0 Å². The van der Waals surface area contributed by atoms with Crippen LogP contribution in [0.1, 0.15) is 65.7 Å². The minimum atomic E-state index is -0.377. The van der Waals surface area contributed by atoms with E-state index in [1.165, 1.54) is 0 Å². The summed E-state index contributed by atoms with van der Waals surface area (Å²) >= 11 is 0. The molecule has 0 amide bonds. The maximum Gasteiger partial charge on any atom is 0.306 e. The average molecular weight is 310 g/mol. The van der Waals surface area contributed by atoms with E-state index < -0.39 is 0 Å². The lowest BCUT2D eigenvalue weighted by Crippen LogP contribution is -2.44.